The Balaban J connectivity index is 2.06. The summed E-state index contributed by atoms with van der Waals surface area (Å²) in [5, 5.41) is 10.9. The van der Waals surface area contributed by atoms with Gasteiger partial charge in [-0.05, 0) is 38.2 Å². The first-order valence-corrected chi connectivity index (χ1v) is 7.24. The molecule has 1 heterocycles. The van der Waals surface area contributed by atoms with Crippen molar-refractivity contribution in [1.82, 2.24) is 10.2 Å². The summed E-state index contributed by atoms with van der Waals surface area (Å²) in [7, 11) is 0. The third kappa shape index (κ3) is 3.21. The van der Waals surface area contributed by atoms with Crippen LogP contribution in [0.3, 0.4) is 0 Å². The Kier molecular flexibility index (Phi) is 4.17. The minimum atomic E-state index is 0.152. The highest BCUT2D eigenvalue weighted by molar-refractivity contribution is 5.52. The van der Waals surface area contributed by atoms with Crippen molar-refractivity contribution in [3.63, 3.8) is 0 Å². The molecule has 0 saturated carbocycles. The van der Waals surface area contributed by atoms with E-state index in [4.69, 9.17) is 0 Å². The molecule has 0 saturated heterocycles. The lowest BCUT2D eigenvalue weighted by molar-refractivity contribution is 0.450. The van der Waals surface area contributed by atoms with Crippen molar-refractivity contribution in [3.8, 4) is 0 Å². The van der Waals surface area contributed by atoms with Gasteiger partial charge in [-0.1, -0.05) is 44.2 Å². The van der Waals surface area contributed by atoms with E-state index in [1.165, 1.54) is 5.56 Å². The molecule has 1 atom stereocenters. The maximum atomic E-state index is 4.24. The molecule has 2 aromatic rings. The molecule has 0 aliphatic carbocycles. The third-order valence-corrected chi connectivity index (χ3v) is 3.89. The lowest BCUT2D eigenvalue weighted by Gasteiger charge is -2.29. The van der Waals surface area contributed by atoms with Crippen LogP contribution in [0.25, 0.3) is 0 Å². The highest BCUT2D eigenvalue weighted by Crippen LogP contribution is 2.29. The van der Waals surface area contributed by atoms with Crippen LogP contribution in [0.1, 0.15) is 44.1 Å². The van der Waals surface area contributed by atoms with E-state index >= 15 is 0 Å². The van der Waals surface area contributed by atoms with Gasteiger partial charge in [-0.15, -0.1) is 0 Å². The monoisotopic (exact) mass is 271 g/mol. The fourth-order valence-electron chi connectivity index (χ4n) is 2.83. The summed E-state index contributed by atoms with van der Waals surface area (Å²) >= 11 is 0. The smallest absolute Gasteiger partial charge is 0.0825 e. The normalized spacial score (nSPS) is 13.2. The van der Waals surface area contributed by atoms with E-state index in [-0.39, 0.29) is 5.41 Å². The quantitative estimate of drug-likeness (QED) is 0.856. The fourth-order valence-corrected chi connectivity index (χ4v) is 2.83. The standard InChI is InChI=1S/C17H25N3/c1-12(18-16-13(2)19-20-14(16)3)11-17(4,5)15-9-7-6-8-10-15/h6-10,12,18H,11H2,1-5H3,(H,19,20). The van der Waals surface area contributed by atoms with Crippen molar-refractivity contribution < 1.29 is 0 Å². The van der Waals surface area contributed by atoms with Gasteiger partial charge in [0, 0.05) is 6.04 Å². The first-order chi connectivity index (χ1) is 9.40. The number of rotatable bonds is 5. The molecule has 0 spiro atoms. The van der Waals surface area contributed by atoms with Crippen LogP contribution < -0.4 is 5.32 Å². The zero-order chi connectivity index (χ0) is 14.8. The van der Waals surface area contributed by atoms with Gasteiger partial charge in [-0.3, -0.25) is 5.10 Å². The molecule has 0 aliphatic heterocycles. The van der Waals surface area contributed by atoms with E-state index < -0.39 is 0 Å². The second-order valence-corrected chi connectivity index (χ2v) is 6.31. The second kappa shape index (κ2) is 5.70. The average Bonchev–Trinajstić information content (AvgIpc) is 2.71. The zero-order valence-electron chi connectivity index (χ0n) is 13.1. The maximum Gasteiger partial charge on any atom is 0.0825 e. The topological polar surface area (TPSA) is 40.7 Å². The van der Waals surface area contributed by atoms with E-state index in [1.807, 2.05) is 6.92 Å². The number of aromatic amines is 1. The summed E-state index contributed by atoms with van der Waals surface area (Å²) in [4.78, 5) is 0. The zero-order valence-corrected chi connectivity index (χ0v) is 13.1. The molecule has 3 nitrogen and oxygen atoms in total. The largest absolute Gasteiger partial charge is 0.380 e. The molecule has 1 unspecified atom stereocenters. The predicted octanol–water partition coefficient (Wildman–Crippen LogP) is 4.19. The predicted molar refractivity (Wildman–Crippen MR) is 85.2 cm³/mol. The van der Waals surface area contributed by atoms with Crippen LogP contribution in [-0.2, 0) is 5.41 Å². The summed E-state index contributed by atoms with van der Waals surface area (Å²) in [5.41, 5.74) is 4.81. The summed E-state index contributed by atoms with van der Waals surface area (Å²) < 4.78 is 0. The number of hydrogen-bond acceptors (Lipinski definition) is 2. The average molecular weight is 271 g/mol. The number of nitrogens with one attached hydrogen (secondary N) is 2. The van der Waals surface area contributed by atoms with Gasteiger partial charge in [0.2, 0.25) is 0 Å². The van der Waals surface area contributed by atoms with E-state index in [0.29, 0.717) is 6.04 Å². The van der Waals surface area contributed by atoms with Gasteiger partial charge in [0.25, 0.3) is 0 Å². The second-order valence-electron chi connectivity index (χ2n) is 6.31. The van der Waals surface area contributed by atoms with Gasteiger partial charge in [0.05, 0.1) is 17.1 Å². The molecule has 108 valence electrons. The Morgan fingerprint density at radius 2 is 1.85 bits per heavy atom. The van der Waals surface area contributed by atoms with Crippen molar-refractivity contribution in [2.75, 3.05) is 5.32 Å². The molecule has 20 heavy (non-hydrogen) atoms. The minimum absolute atomic E-state index is 0.152. The molecule has 2 rings (SSSR count). The molecule has 2 N–H and O–H groups in total. The Labute approximate surface area is 121 Å². The third-order valence-electron chi connectivity index (χ3n) is 3.89. The molecular weight excluding hydrogens is 246 g/mol. The van der Waals surface area contributed by atoms with Gasteiger partial charge in [-0.25, -0.2) is 0 Å². The van der Waals surface area contributed by atoms with Gasteiger partial charge in [0.1, 0.15) is 0 Å². The van der Waals surface area contributed by atoms with Crippen LogP contribution in [0.5, 0.6) is 0 Å². The van der Waals surface area contributed by atoms with Gasteiger partial charge in [-0.2, -0.15) is 5.10 Å². The molecule has 0 amide bonds. The molecule has 1 aromatic carbocycles. The van der Waals surface area contributed by atoms with Crippen LogP contribution in [0, 0.1) is 13.8 Å². The molecule has 0 aliphatic rings. The number of benzene rings is 1. The van der Waals surface area contributed by atoms with E-state index in [0.717, 1.165) is 23.5 Å². The SMILES string of the molecule is Cc1n[nH]c(C)c1NC(C)CC(C)(C)c1ccccc1. The van der Waals surface area contributed by atoms with Crippen LogP contribution in [0.4, 0.5) is 5.69 Å². The Morgan fingerprint density at radius 3 is 2.40 bits per heavy atom. The highest BCUT2D eigenvalue weighted by Gasteiger charge is 2.23. The molecular formula is C17H25N3. The fraction of sp³-hybridized carbons (Fsp3) is 0.471. The number of aryl methyl sites for hydroxylation is 2. The number of aromatic nitrogens is 2. The summed E-state index contributed by atoms with van der Waals surface area (Å²) in [5.74, 6) is 0. The summed E-state index contributed by atoms with van der Waals surface area (Å²) in [6.07, 6.45) is 1.07. The minimum Gasteiger partial charge on any atom is -0.380 e. The molecule has 0 fully saturated rings. The molecule has 0 radical (unpaired) electrons. The summed E-state index contributed by atoms with van der Waals surface area (Å²) in [6.45, 7) is 10.9. The van der Waals surface area contributed by atoms with Crippen molar-refractivity contribution in [3.05, 3.63) is 47.3 Å². The van der Waals surface area contributed by atoms with Crippen LogP contribution in [0.2, 0.25) is 0 Å². The number of anilines is 1. The molecule has 1 aromatic heterocycles. The summed E-state index contributed by atoms with van der Waals surface area (Å²) in [6, 6.07) is 11.1. The lowest BCUT2D eigenvalue weighted by Crippen LogP contribution is -2.28. The van der Waals surface area contributed by atoms with Crippen molar-refractivity contribution in [2.24, 2.45) is 0 Å². The Morgan fingerprint density at radius 1 is 1.20 bits per heavy atom. The molecule has 3 heteroatoms. The molecule has 0 bridgehead atoms. The Hall–Kier alpha value is -1.77. The number of hydrogen-bond donors (Lipinski definition) is 2. The van der Waals surface area contributed by atoms with Crippen molar-refractivity contribution in [2.45, 2.75) is 52.5 Å². The van der Waals surface area contributed by atoms with Gasteiger partial charge >= 0.3 is 0 Å². The van der Waals surface area contributed by atoms with Crippen LogP contribution in [-0.4, -0.2) is 16.2 Å². The first-order valence-electron chi connectivity index (χ1n) is 7.24. The number of nitrogens with zero attached hydrogens (tertiary/aromatic N) is 1. The van der Waals surface area contributed by atoms with Gasteiger partial charge in [0.15, 0.2) is 0 Å². The highest BCUT2D eigenvalue weighted by atomic mass is 15.2. The maximum absolute atomic E-state index is 4.24. The first kappa shape index (κ1) is 14.6. The van der Waals surface area contributed by atoms with Crippen LogP contribution in [0.15, 0.2) is 30.3 Å². The van der Waals surface area contributed by atoms with E-state index in [2.05, 4.69) is 73.5 Å². The van der Waals surface area contributed by atoms with Gasteiger partial charge < -0.3 is 5.32 Å². The van der Waals surface area contributed by atoms with Crippen LogP contribution >= 0.6 is 0 Å². The van der Waals surface area contributed by atoms with E-state index in [1.54, 1.807) is 0 Å². The number of H-pyrrole nitrogens is 1. The Bertz CT molecular complexity index is 535. The van der Waals surface area contributed by atoms with Crippen molar-refractivity contribution in [1.29, 1.82) is 0 Å². The van der Waals surface area contributed by atoms with E-state index in [9.17, 15) is 0 Å². The lowest BCUT2D eigenvalue weighted by atomic mass is 9.79. The van der Waals surface area contributed by atoms with Crippen molar-refractivity contribution >= 4 is 5.69 Å².